The highest BCUT2D eigenvalue weighted by atomic mass is 32.2. The third-order valence-electron chi connectivity index (χ3n) is 2.77. The molecular formula is C13H20N2OS2. The molecule has 0 spiro atoms. The van der Waals surface area contributed by atoms with Crippen LogP contribution in [0.15, 0.2) is 18.2 Å². The van der Waals surface area contributed by atoms with Crippen LogP contribution in [0.25, 0.3) is 0 Å². The van der Waals surface area contributed by atoms with Crippen molar-refractivity contribution in [2.75, 3.05) is 17.3 Å². The van der Waals surface area contributed by atoms with Gasteiger partial charge in [-0.3, -0.25) is 4.21 Å². The van der Waals surface area contributed by atoms with Crippen molar-refractivity contribution < 1.29 is 4.21 Å². The molecule has 0 radical (unpaired) electrons. The Bertz CT molecular complexity index is 460. The molecule has 1 aromatic rings. The van der Waals surface area contributed by atoms with Crippen molar-refractivity contribution in [1.82, 2.24) is 0 Å². The fourth-order valence-corrected chi connectivity index (χ4v) is 2.58. The molecule has 0 saturated heterocycles. The molecule has 0 aliphatic carbocycles. The number of benzene rings is 1. The van der Waals surface area contributed by atoms with E-state index in [0.717, 1.165) is 23.2 Å². The Hall–Kier alpha value is -0.940. The normalized spacial score (nSPS) is 13.9. The lowest BCUT2D eigenvalue weighted by Gasteiger charge is -2.19. The number of nitrogens with two attached hydrogens (primary N) is 1. The maximum atomic E-state index is 11.1. The Balaban J connectivity index is 2.83. The van der Waals surface area contributed by atoms with Gasteiger partial charge in [0.25, 0.3) is 0 Å². The standard InChI is InChI=1S/C13H20N2OS2/c1-9-5-4-6-11(13(14)17)12(9)15-10(2)7-8-18(3)16/h4-6,10,15H,7-8H2,1-3H3,(H2,14,17). The first-order valence-electron chi connectivity index (χ1n) is 5.87. The van der Waals surface area contributed by atoms with Gasteiger partial charge in [0, 0.05) is 40.1 Å². The molecule has 3 nitrogen and oxygen atoms in total. The molecule has 3 N–H and O–H groups in total. The third kappa shape index (κ3) is 4.38. The molecule has 5 heteroatoms. The molecule has 1 aromatic carbocycles. The fraction of sp³-hybridized carbons (Fsp3) is 0.462. The molecule has 0 amide bonds. The number of hydrogen-bond acceptors (Lipinski definition) is 3. The number of anilines is 1. The Labute approximate surface area is 117 Å². The van der Waals surface area contributed by atoms with E-state index in [1.807, 2.05) is 25.1 Å². The first kappa shape index (κ1) is 15.1. The zero-order valence-corrected chi connectivity index (χ0v) is 12.7. The van der Waals surface area contributed by atoms with E-state index in [2.05, 4.69) is 12.2 Å². The van der Waals surface area contributed by atoms with E-state index in [-0.39, 0.29) is 6.04 Å². The Morgan fingerprint density at radius 3 is 2.78 bits per heavy atom. The minimum Gasteiger partial charge on any atom is -0.389 e. The summed E-state index contributed by atoms with van der Waals surface area (Å²) in [6, 6.07) is 6.13. The Kier molecular flexibility index (Phi) is 5.75. The smallest absolute Gasteiger partial charge is 0.106 e. The van der Waals surface area contributed by atoms with E-state index in [4.69, 9.17) is 18.0 Å². The average Bonchev–Trinajstić information content (AvgIpc) is 2.28. The van der Waals surface area contributed by atoms with Gasteiger partial charge in [-0.15, -0.1) is 0 Å². The SMILES string of the molecule is Cc1cccc(C(N)=S)c1NC(C)CCS(C)=O. The van der Waals surface area contributed by atoms with Gasteiger partial charge < -0.3 is 11.1 Å². The summed E-state index contributed by atoms with van der Waals surface area (Å²) in [6.07, 6.45) is 2.58. The zero-order chi connectivity index (χ0) is 13.7. The van der Waals surface area contributed by atoms with Crippen LogP contribution < -0.4 is 11.1 Å². The van der Waals surface area contributed by atoms with Gasteiger partial charge in [0.2, 0.25) is 0 Å². The van der Waals surface area contributed by atoms with E-state index >= 15 is 0 Å². The van der Waals surface area contributed by atoms with Crippen molar-refractivity contribution in [2.45, 2.75) is 26.3 Å². The summed E-state index contributed by atoms with van der Waals surface area (Å²) in [5.41, 5.74) is 8.70. The summed E-state index contributed by atoms with van der Waals surface area (Å²) >= 11 is 5.06. The monoisotopic (exact) mass is 284 g/mol. The van der Waals surface area contributed by atoms with Crippen LogP contribution in [0.5, 0.6) is 0 Å². The largest absolute Gasteiger partial charge is 0.389 e. The molecular weight excluding hydrogens is 264 g/mol. The zero-order valence-electron chi connectivity index (χ0n) is 11.0. The van der Waals surface area contributed by atoms with Crippen molar-refractivity contribution >= 4 is 33.7 Å². The summed E-state index contributed by atoms with van der Waals surface area (Å²) in [5, 5.41) is 3.41. The van der Waals surface area contributed by atoms with Gasteiger partial charge in [-0.1, -0.05) is 24.4 Å². The predicted molar refractivity (Wildman–Crippen MR) is 83.7 cm³/mol. The number of thiocarbonyl (C=S) groups is 1. The van der Waals surface area contributed by atoms with Crippen molar-refractivity contribution in [3.63, 3.8) is 0 Å². The summed E-state index contributed by atoms with van der Waals surface area (Å²) in [6.45, 7) is 4.09. The van der Waals surface area contributed by atoms with E-state index in [1.165, 1.54) is 0 Å². The van der Waals surface area contributed by atoms with Crippen LogP contribution in [0.2, 0.25) is 0 Å². The minimum absolute atomic E-state index is 0.239. The van der Waals surface area contributed by atoms with E-state index in [9.17, 15) is 4.21 Å². The summed E-state index contributed by atoms with van der Waals surface area (Å²) < 4.78 is 11.1. The summed E-state index contributed by atoms with van der Waals surface area (Å²) in [7, 11) is -0.754. The number of para-hydroxylation sites is 1. The molecule has 0 fully saturated rings. The van der Waals surface area contributed by atoms with Crippen molar-refractivity contribution in [3.8, 4) is 0 Å². The number of hydrogen-bond donors (Lipinski definition) is 2. The molecule has 0 aromatic heterocycles. The van der Waals surface area contributed by atoms with E-state index in [0.29, 0.717) is 10.7 Å². The summed E-state index contributed by atoms with van der Waals surface area (Å²) in [4.78, 5) is 0.396. The first-order valence-corrected chi connectivity index (χ1v) is 8.01. The van der Waals surface area contributed by atoms with Gasteiger partial charge in [-0.05, 0) is 31.9 Å². The first-order chi connectivity index (χ1) is 8.41. The fourth-order valence-electron chi connectivity index (χ4n) is 1.73. The van der Waals surface area contributed by atoms with Crippen molar-refractivity contribution in [2.24, 2.45) is 5.73 Å². The van der Waals surface area contributed by atoms with Gasteiger partial charge in [0.05, 0.1) is 0 Å². The highest BCUT2D eigenvalue weighted by Crippen LogP contribution is 2.22. The molecule has 100 valence electrons. The second-order valence-electron chi connectivity index (χ2n) is 4.47. The minimum atomic E-state index is -0.754. The highest BCUT2D eigenvalue weighted by molar-refractivity contribution is 7.84. The molecule has 18 heavy (non-hydrogen) atoms. The topological polar surface area (TPSA) is 55.1 Å². The molecule has 1 rings (SSSR count). The highest BCUT2D eigenvalue weighted by Gasteiger charge is 2.11. The van der Waals surface area contributed by atoms with Gasteiger partial charge in [0.15, 0.2) is 0 Å². The van der Waals surface area contributed by atoms with Crippen LogP contribution in [-0.2, 0) is 10.8 Å². The number of rotatable bonds is 6. The average molecular weight is 284 g/mol. The Morgan fingerprint density at radius 1 is 1.56 bits per heavy atom. The molecule has 2 atom stereocenters. The van der Waals surface area contributed by atoms with Crippen LogP contribution in [0.4, 0.5) is 5.69 Å². The van der Waals surface area contributed by atoms with Gasteiger partial charge >= 0.3 is 0 Å². The quantitative estimate of drug-likeness (QED) is 0.786. The predicted octanol–water partition coefficient (Wildman–Crippen LogP) is 2.20. The third-order valence-corrected chi connectivity index (χ3v) is 3.80. The molecule has 0 bridgehead atoms. The maximum absolute atomic E-state index is 11.1. The van der Waals surface area contributed by atoms with Crippen LogP contribution in [0.3, 0.4) is 0 Å². The van der Waals surface area contributed by atoms with E-state index < -0.39 is 10.8 Å². The molecule has 0 aliphatic heterocycles. The molecule has 0 heterocycles. The van der Waals surface area contributed by atoms with Gasteiger partial charge in [-0.25, -0.2) is 0 Å². The van der Waals surface area contributed by atoms with E-state index in [1.54, 1.807) is 6.26 Å². The van der Waals surface area contributed by atoms with Crippen molar-refractivity contribution in [3.05, 3.63) is 29.3 Å². The summed E-state index contributed by atoms with van der Waals surface area (Å²) in [5.74, 6) is 0.697. The lowest BCUT2D eigenvalue weighted by Crippen LogP contribution is -2.21. The van der Waals surface area contributed by atoms with Crippen LogP contribution in [-0.4, -0.2) is 27.2 Å². The second-order valence-corrected chi connectivity index (χ2v) is 6.47. The molecule has 0 saturated carbocycles. The van der Waals surface area contributed by atoms with Crippen LogP contribution >= 0.6 is 12.2 Å². The van der Waals surface area contributed by atoms with Crippen LogP contribution in [0, 0.1) is 6.92 Å². The Morgan fingerprint density at radius 2 is 2.22 bits per heavy atom. The van der Waals surface area contributed by atoms with Crippen molar-refractivity contribution in [1.29, 1.82) is 0 Å². The molecule has 2 unspecified atom stereocenters. The maximum Gasteiger partial charge on any atom is 0.106 e. The van der Waals surface area contributed by atoms with Gasteiger partial charge in [0.1, 0.15) is 4.99 Å². The molecule has 0 aliphatic rings. The van der Waals surface area contributed by atoms with Gasteiger partial charge in [-0.2, -0.15) is 0 Å². The number of aryl methyl sites for hydroxylation is 1. The lowest BCUT2D eigenvalue weighted by molar-refractivity contribution is 0.678. The number of nitrogens with one attached hydrogen (secondary N) is 1. The lowest BCUT2D eigenvalue weighted by atomic mass is 10.1. The second kappa shape index (κ2) is 6.85. The van der Waals surface area contributed by atoms with Crippen LogP contribution in [0.1, 0.15) is 24.5 Å².